The Morgan fingerprint density at radius 1 is 1.26 bits per heavy atom. The Kier molecular flexibility index (Phi) is 4.72. The minimum Gasteiger partial charge on any atom is -0.478 e. The summed E-state index contributed by atoms with van der Waals surface area (Å²) in [5.41, 5.74) is 3.31. The molecule has 120 valence electrons. The van der Waals surface area contributed by atoms with Crippen molar-refractivity contribution in [3.05, 3.63) is 53.7 Å². The van der Waals surface area contributed by atoms with Gasteiger partial charge in [0.15, 0.2) is 0 Å². The molecular weight excluding hydrogens is 288 g/mol. The fourth-order valence-corrected chi connectivity index (χ4v) is 3.24. The third-order valence-electron chi connectivity index (χ3n) is 4.62. The summed E-state index contributed by atoms with van der Waals surface area (Å²) in [5.74, 6) is -0.226. The van der Waals surface area contributed by atoms with Gasteiger partial charge in [0.05, 0.1) is 11.3 Å². The summed E-state index contributed by atoms with van der Waals surface area (Å²) >= 11 is 0. The second-order valence-corrected chi connectivity index (χ2v) is 6.35. The fourth-order valence-electron chi connectivity index (χ4n) is 3.24. The maximum absolute atomic E-state index is 11.2. The zero-order chi connectivity index (χ0) is 16.2. The molecule has 0 spiro atoms. The molecular formula is C19H22N2O2. The highest BCUT2D eigenvalue weighted by Crippen LogP contribution is 2.27. The highest BCUT2D eigenvalue weighted by atomic mass is 16.4. The highest BCUT2D eigenvalue weighted by Gasteiger charge is 2.19. The van der Waals surface area contributed by atoms with Gasteiger partial charge in [0.1, 0.15) is 0 Å². The minimum atomic E-state index is -0.903. The van der Waals surface area contributed by atoms with Crippen molar-refractivity contribution in [1.29, 1.82) is 0 Å². The molecule has 0 atom stereocenters. The molecule has 23 heavy (non-hydrogen) atoms. The summed E-state index contributed by atoms with van der Waals surface area (Å²) in [6.45, 7) is 2.30. The maximum atomic E-state index is 11.2. The van der Waals surface area contributed by atoms with Crippen molar-refractivity contribution in [3.63, 3.8) is 0 Å². The van der Waals surface area contributed by atoms with Crippen molar-refractivity contribution < 1.29 is 9.90 Å². The van der Waals surface area contributed by atoms with Gasteiger partial charge in [-0.15, -0.1) is 0 Å². The zero-order valence-corrected chi connectivity index (χ0v) is 13.4. The van der Waals surface area contributed by atoms with Gasteiger partial charge in [0.2, 0.25) is 0 Å². The fraction of sp³-hybridized carbons (Fsp3) is 0.368. The van der Waals surface area contributed by atoms with Crippen molar-refractivity contribution in [3.8, 4) is 11.3 Å². The van der Waals surface area contributed by atoms with Gasteiger partial charge >= 0.3 is 5.97 Å². The molecule has 1 aromatic carbocycles. The van der Waals surface area contributed by atoms with Crippen LogP contribution in [0.4, 0.5) is 0 Å². The van der Waals surface area contributed by atoms with Crippen molar-refractivity contribution >= 4 is 5.97 Å². The van der Waals surface area contributed by atoms with E-state index in [1.54, 1.807) is 24.4 Å². The second-order valence-electron chi connectivity index (χ2n) is 6.35. The van der Waals surface area contributed by atoms with Crippen LogP contribution in [0.25, 0.3) is 11.3 Å². The van der Waals surface area contributed by atoms with Gasteiger partial charge in [-0.2, -0.15) is 0 Å². The quantitative estimate of drug-likeness (QED) is 0.941. The number of benzene rings is 1. The maximum Gasteiger partial charge on any atom is 0.335 e. The van der Waals surface area contributed by atoms with E-state index in [9.17, 15) is 9.90 Å². The van der Waals surface area contributed by atoms with Gasteiger partial charge in [-0.05, 0) is 69.1 Å². The molecule has 0 aliphatic carbocycles. The third kappa shape index (κ3) is 3.77. The van der Waals surface area contributed by atoms with E-state index in [0.717, 1.165) is 30.8 Å². The van der Waals surface area contributed by atoms with Gasteiger partial charge in [-0.25, -0.2) is 4.79 Å². The lowest BCUT2D eigenvalue weighted by molar-refractivity contribution is 0.0697. The largest absolute Gasteiger partial charge is 0.478 e. The Hall–Kier alpha value is -2.20. The smallest absolute Gasteiger partial charge is 0.335 e. The highest BCUT2D eigenvalue weighted by molar-refractivity contribution is 5.89. The van der Waals surface area contributed by atoms with Crippen LogP contribution in [-0.4, -0.2) is 41.1 Å². The molecule has 4 nitrogen and oxygen atoms in total. The van der Waals surface area contributed by atoms with E-state index in [-0.39, 0.29) is 0 Å². The first-order chi connectivity index (χ1) is 11.1. The van der Waals surface area contributed by atoms with E-state index >= 15 is 0 Å². The Balaban J connectivity index is 1.86. The van der Waals surface area contributed by atoms with E-state index < -0.39 is 5.97 Å². The third-order valence-corrected chi connectivity index (χ3v) is 4.62. The van der Waals surface area contributed by atoms with E-state index in [2.05, 4.69) is 23.0 Å². The number of hydrogen-bond donors (Lipinski definition) is 1. The number of likely N-dealkylation sites (tertiary alicyclic amines) is 1. The van der Waals surface area contributed by atoms with Crippen molar-refractivity contribution in [2.45, 2.75) is 19.3 Å². The average Bonchev–Trinajstić information content (AvgIpc) is 2.57. The summed E-state index contributed by atoms with van der Waals surface area (Å²) < 4.78 is 0. The molecule has 1 N–H and O–H groups in total. The van der Waals surface area contributed by atoms with Gasteiger partial charge in [0.25, 0.3) is 0 Å². The van der Waals surface area contributed by atoms with E-state index in [1.807, 2.05) is 12.1 Å². The van der Waals surface area contributed by atoms with Gasteiger partial charge in [-0.1, -0.05) is 18.2 Å². The first-order valence-electron chi connectivity index (χ1n) is 8.09. The molecule has 0 bridgehead atoms. The Morgan fingerprint density at radius 3 is 2.78 bits per heavy atom. The van der Waals surface area contributed by atoms with Crippen LogP contribution in [0.5, 0.6) is 0 Å². The molecule has 1 aromatic heterocycles. The average molecular weight is 310 g/mol. The number of carboxylic acid groups (broad SMARTS) is 1. The first kappa shape index (κ1) is 15.7. The number of piperidine rings is 1. The number of pyridine rings is 1. The predicted molar refractivity (Wildman–Crippen MR) is 90.6 cm³/mol. The molecule has 1 saturated heterocycles. The second kappa shape index (κ2) is 6.92. The molecule has 0 unspecified atom stereocenters. The molecule has 2 aromatic rings. The van der Waals surface area contributed by atoms with Crippen LogP contribution in [0, 0.1) is 5.92 Å². The molecule has 1 fully saturated rings. The van der Waals surface area contributed by atoms with Crippen molar-refractivity contribution in [2.75, 3.05) is 20.1 Å². The molecule has 3 rings (SSSR count). The lowest BCUT2D eigenvalue weighted by Gasteiger charge is -2.29. The number of carboxylic acids is 1. The summed E-state index contributed by atoms with van der Waals surface area (Å²) in [6, 6.07) is 11.1. The molecule has 1 aliphatic heterocycles. The number of aromatic carboxylic acids is 1. The van der Waals surface area contributed by atoms with Crippen LogP contribution in [0.2, 0.25) is 0 Å². The van der Waals surface area contributed by atoms with Crippen LogP contribution in [-0.2, 0) is 6.42 Å². The van der Waals surface area contributed by atoms with Crippen LogP contribution in [0.1, 0.15) is 28.8 Å². The number of hydrogen-bond acceptors (Lipinski definition) is 3. The summed E-state index contributed by atoms with van der Waals surface area (Å²) in [4.78, 5) is 18.1. The standard InChI is InChI=1S/C19H22N2O2/c1-21-10-7-14(8-11-21)12-15-6-3-9-20-18(15)16-4-2-5-17(13-16)19(22)23/h2-6,9,13-14H,7-8,10-12H2,1H3,(H,22,23). The normalized spacial score (nSPS) is 16.4. The monoisotopic (exact) mass is 310 g/mol. The summed E-state index contributed by atoms with van der Waals surface area (Å²) in [5, 5.41) is 9.19. The van der Waals surface area contributed by atoms with Crippen LogP contribution >= 0.6 is 0 Å². The van der Waals surface area contributed by atoms with E-state index in [0.29, 0.717) is 11.5 Å². The number of rotatable bonds is 4. The van der Waals surface area contributed by atoms with Crippen LogP contribution < -0.4 is 0 Å². The van der Waals surface area contributed by atoms with E-state index in [1.165, 1.54) is 18.4 Å². The molecule has 4 heteroatoms. The Bertz CT molecular complexity index is 691. The Morgan fingerprint density at radius 2 is 2.04 bits per heavy atom. The number of nitrogens with zero attached hydrogens (tertiary/aromatic N) is 2. The summed E-state index contributed by atoms with van der Waals surface area (Å²) in [6.07, 6.45) is 5.20. The van der Waals surface area contributed by atoms with Gasteiger partial charge < -0.3 is 10.0 Å². The lowest BCUT2D eigenvalue weighted by atomic mass is 9.88. The summed E-state index contributed by atoms with van der Waals surface area (Å²) in [7, 11) is 2.17. The molecule has 2 heterocycles. The molecule has 0 amide bonds. The van der Waals surface area contributed by atoms with Crippen LogP contribution in [0.3, 0.4) is 0 Å². The zero-order valence-electron chi connectivity index (χ0n) is 13.4. The first-order valence-corrected chi connectivity index (χ1v) is 8.09. The topological polar surface area (TPSA) is 53.4 Å². The van der Waals surface area contributed by atoms with Crippen molar-refractivity contribution in [1.82, 2.24) is 9.88 Å². The van der Waals surface area contributed by atoms with Crippen molar-refractivity contribution in [2.24, 2.45) is 5.92 Å². The number of carbonyl (C=O) groups is 1. The van der Waals surface area contributed by atoms with Gasteiger partial charge in [0, 0.05) is 11.8 Å². The Labute approximate surface area is 136 Å². The SMILES string of the molecule is CN1CCC(Cc2cccnc2-c2cccc(C(=O)O)c2)CC1. The number of aromatic nitrogens is 1. The minimum absolute atomic E-state index is 0.304. The van der Waals surface area contributed by atoms with E-state index in [4.69, 9.17) is 0 Å². The van der Waals surface area contributed by atoms with Gasteiger partial charge in [-0.3, -0.25) is 4.98 Å². The van der Waals surface area contributed by atoms with Crippen LogP contribution in [0.15, 0.2) is 42.6 Å². The molecule has 0 saturated carbocycles. The predicted octanol–water partition coefficient (Wildman–Crippen LogP) is 3.33. The molecule has 0 radical (unpaired) electrons. The lowest BCUT2D eigenvalue weighted by Crippen LogP contribution is -2.31. The molecule has 1 aliphatic rings.